The number of rotatable bonds is 3. The van der Waals surface area contributed by atoms with Crippen LogP contribution in [-0.2, 0) is 0 Å². The molecule has 0 saturated heterocycles. The molecular formula is C17H18N2O3. The van der Waals surface area contributed by atoms with Gasteiger partial charge < -0.3 is 19.7 Å². The van der Waals surface area contributed by atoms with E-state index in [2.05, 4.69) is 5.32 Å². The lowest BCUT2D eigenvalue weighted by atomic mass is 10.2. The van der Waals surface area contributed by atoms with Gasteiger partial charge in [-0.2, -0.15) is 0 Å². The van der Waals surface area contributed by atoms with Crippen LogP contribution in [0.3, 0.4) is 0 Å². The number of urea groups is 1. The Hall–Kier alpha value is -2.69. The Morgan fingerprint density at radius 2 is 1.82 bits per heavy atom. The number of carbonyl (C=O) groups is 1. The van der Waals surface area contributed by atoms with Crippen LogP contribution in [0.1, 0.15) is 0 Å². The van der Waals surface area contributed by atoms with Crippen molar-refractivity contribution in [3.8, 4) is 11.5 Å². The highest BCUT2D eigenvalue weighted by Crippen LogP contribution is 2.30. The second-order valence-corrected chi connectivity index (χ2v) is 5.17. The molecule has 1 aliphatic rings. The topological polar surface area (TPSA) is 50.8 Å². The quantitative estimate of drug-likeness (QED) is 0.947. The van der Waals surface area contributed by atoms with Crippen molar-refractivity contribution in [1.82, 2.24) is 4.90 Å². The van der Waals surface area contributed by atoms with Crippen molar-refractivity contribution >= 4 is 11.7 Å². The summed E-state index contributed by atoms with van der Waals surface area (Å²) >= 11 is 0. The summed E-state index contributed by atoms with van der Waals surface area (Å²) in [7, 11) is 1.74. The molecule has 3 rings (SSSR count). The molecule has 1 atom stereocenters. The van der Waals surface area contributed by atoms with Crippen molar-refractivity contribution in [1.29, 1.82) is 0 Å². The number of amides is 2. The first-order chi connectivity index (χ1) is 10.7. The molecule has 5 heteroatoms. The molecule has 0 aliphatic carbocycles. The number of nitrogens with one attached hydrogen (secondary N) is 1. The minimum atomic E-state index is -0.179. The fourth-order valence-corrected chi connectivity index (χ4v) is 2.28. The number of para-hydroxylation sites is 3. The van der Waals surface area contributed by atoms with Crippen LogP contribution in [0.2, 0.25) is 0 Å². The molecule has 2 aromatic rings. The summed E-state index contributed by atoms with van der Waals surface area (Å²) in [6, 6.07) is 16.7. The van der Waals surface area contributed by atoms with Crippen LogP contribution < -0.4 is 14.8 Å². The van der Waals surface area contributed by atoms with Crippen molar-refractivity contribution in [2.45, 2.75) is 6.10 Å². The fraction of sp³-hybridized carbons (Fsp3) is 0.235. The van der Waals surface area contributed by atoms with E-state index in [0.717, 1.165) is 17.2 Å². The average Bonchev–Trinajstić information content (AvgIpc) is 2.55. The van der Waals surface area contributed by atoms with Crippen LogP contribution in [0, 0.1) is 0 Å². The summed E-state index contributed by atoms with van der Waals surface area (Å²) < 4.78 is 11.5. The van der Waals surface area contributed by atoms with E-state index >= 15 is 0 Å². The Labute approximate surface area is 129 Å². The summed E-state index contributed by atoms with van der Waals surface area (Å²) in [5, 5.41) is 2.84. The number of anilines is 1. The van der Waals surface area contributed by atoms with Gasteiger partial charge in [-0.1, -0.05) is 30.3 Å². The maximum Gasteiger partial charge on any atom is 0.321 e. The third-order valence-corrected chi connectivity index (χ3v) is 3.42. The van der Waals surface area contributed by atoms with Gasteiger partial charge in [0.1, 0.15) is 6.61 Å². The summed E-state index contributed by atoms with van der Waals surface area (Å²) in [4.78, 5) is 13.7. The number of carbonyl (C=O) groups excluding carboxylic acids is 1. The lowest BCUT2D eigenvalue weighted by Crippen LogP contribution is -2.43. The van der Waals surface area contributed by atoms with E-state index in [9.17, 15) is 4.79 Å². The molecule has 0 radical (unpaired) electrons. The Morgan fingerprint density at radius 1 is 1.14 bits per heavy atom. The van der Waals surface area contributed by atoms with E-state index in [1.807, 2.05) is 54.6 Å². The van der Waals surface area contributed by atoms with Crippen molar-refractivity contribution in [3.63, 3.8) is 0 Å². The molecule has 0 unspecified atom stereocenters. The molecule has 2 amide bonds. The van der Waals surface area contributed by atoms with Crippen molar-refractivity contribution in [2.75, 3.05) is 25.5 Å². The summed E-state index contributed by atoms with van der Waals surface area (Å²) in [6.07, 6.45) is -0.179. The third kappa shape index (κ3) is 3.31. The van der Waals surface area contributed by atoms with Gasteiger partial charge in [0, 0.05) is 12.7 Å². The number of hydrogen-bond acceptors (Lipinski definition) is 3. The standard InChI is InChI=1S/C17H18N2O3/c1-19(17(20)18-13-7-3-2-4-8-13)11-14-12-21-15-9-5-6-10-16(15)22-14/h2-10,14H,11-12H2,1H3,(H,18,20)/t14-/m0/s1. The summed E-state index contributed by atoms with van der Waals surface area (Å²) in [5.41, 5.74) is 0.769. The number of likely N-dealkylation sites (N-methyl/N-ethyl adjacent to an activating group) is 1. The van der Waals surface area contributed by atoms with E-state index < -0.39 is 0 Å². The van der Waals surface area contributed by atoms with Crippen molar-refractivity contribution in [3.05, 3.63) is 54.6 Å². The fourth-order valence-electron chi connectivity index (χ4n) is 2.28. The van der Waals surface area contributed by atoms with E-state index in [0.29, 0.717) is 13.2 Å². The lowest BCUT2D eigenvalue weighted by Gasteiger charge is -2.29. The molecule has 1 N–H and O–H groups in total. The molecule has 0 aromatic heterocycles. The average molecular weight is 298 g/mol. The normalized spacial score (nSPS) is 16.0. The van der Waals surface area contributed by atoms with Crippen LogP contribution in [0.4, 0.5) is 10.5 Å². The molecule has 2 aromatic carbocycles. The van der Waals surface area contributed by atoms with Crippen LogP contribution in [0.25, 0.3) is 0 Å². The minimum absolute atomic E-state index is 0.173. The van der Waals surface area contributed by atoms with Gasteiger partial charge in [-0.3, -0.25) is 0 Å². The number of ether oxygens (including phenoxy) is 2. The highest BCUT2D eigenvalue weighted by molar-refractivity contribution is 5.89. The molecule has 0 spiro atoms. The van der Waals surface area contributed by atoms with Gasteiger partial charge in [-0.05, 0) is 24.3 Å². The zero-order chi connectivity index (χ0) is 15.4. The predicted octanol–water partition coefficient (Wildman–Crippen LogP) is 2.99. The first-order valence-corrected chi connectivity index (χ1v) is 7.18. The van der Waals surface area contributed by atoms with Gasteiger partial charge in [0.25, 0.3) is 0 Å². The second-order valence-electron chi connectivity index (χ2n) is 5.17. The Balaban J connectivity index is 1.56. The predicted molar refractivity (Wildman–Crippen MR) is 84.4 cm³/mol. The van der Waals surface area contributed by atoms with Gasteiger partial charge in [0.15, 0.2) is 17.6 Å². The Bertz CT molecular complexity index is 645. The first kappa shape index (κ1) is 14.3. The zero-order valence-electron chi connectivity index (χ0n) is 12.4. The molecule has 0 saturated carbocycles. The van der Waals surface area contributed by atoms with Crippen LogP contribution in [-0.4, -0.2) is 37.2 Å². The number of hydrogen-bond donors (Lipinski definition) is 1. The third-order valence-electron chi connectivity index (χ3n) is 3.42. The molecular weight excluding hydrogens is 280 g/mol. The summed E-state index contributed by atoms with van der Waals surface area (Å²) in [6.45, 7) is 0.882. The van der Waals surface area contributed by atoms with E-state index in [1.54, 1.807) is 11.9 Å². The van der Waals surface area contributed by atoms with Crippen LogP contribution in [0.5, 0.6) is 11.5 Å². The van der Waals surface area contributed by atoms with Crippen LogP contribution in [0.15, 0.2) is 54.6 Å². The van der Waals surface area contributed by atoms with Gasteiger partial charge in [-0.15, -0.1) is 0 Å². The van der Waals surface area contributed by atoms with Crippen molar-refractivity contribution < 1.29 is 14.3 Å². The van der Waals surface area contributed by atoms with Crippen molar-refractivity contribution in [2.24, 2.45) is 0 Å². The minimum Gasteiger partial charge on any atom is -0.486 e. The maximum atomic E-state index is 12.2. The first-order valence-electron chi connectivity index (χ1n) is 7.18. The summed E-state index contributed by atoms with van der Waals surface area (Å²) in [5.74, 6) is 1.46. The highest BCUT2D eigenvalue weighted by Gasteiger charge is 2.23. The molecule has 22 heavy (non-hydrogen) atoms. The van der Waals surface area contributed by atoms with Gasteiger partial charge in [0.2, 0.25) is 0 Å². The monoisotopic (exact) mass is 298 g/mol. The number of nitrogens with zero attached hydrogens (tertiary/aromatic N) is 1. The molecule has 5 nitrogen and oxygen atoms in total. The molecule has 1 aliphatic heterocycles. The van der Waals surface area contributed by atoms with E-state index in [4.69, 9.17) is 9.47 Å². The van der Waals surface area contributed by atoms with Gasteiger partial charge in [0.05, 0.1) is 6.54 Å². The van der Waals surface area contributed by atoms with Gasteiger partial charge in [-0.25, -0.2) is 4.79 Å². The highest BCUT2D eigenvalue weighted by atomic mass is 16.6. The van der Waals surface area contributed by atoms with Crippen LogP contribution >= 0.6 is 0 Å². The van der Waals surface area contributed by atoms with E-state index in [1.165, 1.54) is 0 Å². The Kier molecular flexibility index (Phi) is 4.14. The lowest BCUT2D eigenvalue weighted by molar-refractivity contribution is 0.0731. The molecule has 0 fully saturated rings. The number of fused-ring (bicyclic) bond motifs is 1. The Morgan fingerprint density at radius 3 is 2.59 bits per heavy atom. The smallest absolute Gasteiger partial charge is 0.321 e. The van der Waals surface area contributed by atoms with Gasteiger partial charge >= 0.3 is 6.03 Å². The number of benzene rings is 2. The SMILES string of the molecule is CN(C[C@H]1COc2ccccc2O1)C(=O)Nc1ccccc1. The molecule has 1 heterocycles. The molecule has 0 bridgehead atoms. The largest absolute Gasteiger partial charge is 0.486 e. The molecule has 114 valence electrons. The second kappa shape index (κ2) is 6.39. The maximum absolute atomic E-state index is 12.2. The van der Waals surface area contributed by atoms with E-state index in [-0.39, 0.29) is 12.1 Å². The zero-order valence-corrected chi connectivity index (χ0v) is 12.4.